The third kappa shape index (κ3) is 3.55. The Kier molecular flexibility index (Phi) is 4.52. The Bertz CT molecular complexity index is 668. The monoisotopic (exact) mass is 382 g/mol. The number of imide groups is 1. The zero-order valence-electron chi connectivity index (χ0n) is 13.5. The van der Waals surface area contributed by atoms with Crippen molar-refractivity contribution in [2.45, 2.75) is 38.8 Å². The van der Waals surface area contributed by atoms with E-state index in [1.165, 1.54) is 0 Å². The summed E-state index contributed by atoms with van der Waals surface area (Å²) in [7, 11) is 0. The van der Waals surface area contributed by atoms with Crippen LogP contribution in [0.2, 0.25) is 0 Å². The first kappa shape index (κ1) is 17.5. The van der Waals surface area contributed by atoms with E-state index < -0.39 is 35.6 Å². The van der Waals surface area contributed by atoms with Gasteiger partial charge in [-0.1, -0.05) is 34.1 Å². The summed E-state index contributed by atoms with van der Waals surface area (Å²) in [4.78, 5) is 37.7. The second kappa shape index (κ2) is 5.96. The van der Waals surface area contributed by atoms with Crippen LogP contribution in [-0.2, 0) is 19.9 Å². The molecular formula is C16H19BrN2O4. The molecule has 2 rings (SSSR count). The summed E-state index contributed by atoms with van der Waals surface area (Å²) in [5.41, 5.74) is -1.27. The van der Waals surface area contributed by atoms with Crippen molar-refractivity contribution in [3.63, 3.8) is 0 Å². The van der Waals surface area contributed by atoms with Crippen LogP contribution >= 0.6 is 15.9 Å². The van der Waals surface area contributed by atoms with Gasteiger partial charge in [0.15, 0.2) is 0 Å². The lowest BCUT2D eigenvalue weighted by Crippen LogP contribution is -2.42. The fourth-order valence-corrected chi connectivity index (χ4v) is 3.07. The number of hydrogen-bond donors (Lipinski definition) is 1. The number of urea groups is 1. The number of ether oxygens (including phenoxy) is 1. The van der Waals surface area contributed by atoms with Gasteiger partial charge in [0, 0.05) is 10.0 Å². The van der Waals surface area contributed by atoms with E-state index in [-0.39, 0.29) is 0 Å². The summed E-state index contributed by atoms with van der Waals surface area (Å²) in [6, 6.07) is 6.52. The summed E-state index contributed by atoms with van der Waals surface area (Å²) in [5.74, 6) is -1.11. The van der Waals surface area contributed by atoms with E-state index in [0.717, 1.165) is 4.90 Å². The Hall–Kier alpha value is -1.89. The first-order valence-corrected chi connectivity index (χ1v) is 7.95. The zero-order valence-corrected chi connectivity index (χ0v) is 15.1. The SMILES string of the molecule is CC(C)(C)OC(=O)CN1C(=O)NC(C)(c2ccccc2Br)C1=O. The lowest BCUT2D eigenvalue weighted by atomic mass is 9.92. The van der Waals surface area contributed by atoms with E-state index >= 15 is 0 Å². The van der Waals surface area contributed by atoms with E-state index in [4.69, 9.17) is 4.74 Å². The third-order valence-electron chi connectivity index (χ3n) is 3.39. The number of carbonyl (C=O) groups excluding carboxylic acids is 3. The molecular weight excluding hydrogens is 364 g/mol. The lowest BCUT2D eigenvalue weighted by molar-refractivity contribution is -0.157. The molecule has 6 nitrogen and oxygen atoms in total. The molecule has 1 aliphatic heterocycles. The Labute approximate surface area is 143 Å². The molecule has 0 spiro atoms. The molecule has 1 aromatic rings. The Morgan fingerprint density at radius 1 is 1.30 bits per heavy atom. The number of halogens is 1. The molecule has 0 aliphatic carbocycles. The van der Waals surface area contributed by atoms with Gasteiger partial charge in [0.05, 0.1) is 0 Å². The zero-order chi connectivity index (χ0) is 17.4. The van der Waals surface area contributed by atoms with Gasteiger partial charge in [0.25, 0.3) is 5.91 Å². The molecule has 1 atom stereocenters. The van der Waals surface area contributed by atoms with Crippen molar-refractivity contribution in [2.75, 3.05) is 6.54 Å². The van der Waals surface area contributed by atoms with E-state index in [1.807, 2.05) is 6.07 Å². The largest absolute Gasteiger partial charge is 0.459 e. The number of rotatable bonds is 3. The number of carbonyl (C=O) groups is 3. The van der Waals surface area contributed by atoms with Crippen LogP contribution in [0.25, 0.3) is 0 Å². The van der Waals surface area contributed by atoms with Crippen LogP contribution in [0.3, 0.4) is 0 Å². The van der Waals surface area contributed by atoms with Gasteiger partial charge >= 0.3 is 12.0 Å². The second-order valence-electron chi connectivity index (χ2n) is 6.51. The molecule has 1 aliphatic rings. The maximum atomic E-state index is 12.7. The highest BCUT2D eigenvalue weighted by Gasteiger charge is 2.50. The van der Waals surface area contributed by atoms with Gasteiger partial charge in [-0.2, -0.15) is 0 Å². The first-order chi connectivity index (χ1) is 10.5. The number of esters is 1. The van der Waals surface area contributed by atoms with Crippen molar-refractivity contribution < 1.29 is 19.1 Å². The topological polar surface area (TPSA) is 75.7 Å². The van der Waals surface area contributed by atoms with Gasteiger partial charge in [0.2, 0.25) is 0 Å². The smallest absolute Gasteiger partial charge is 0.326 e. The number of nitrogens with one attached hydrogen (secondary N) is 1. The fourth-order valence-electron chi connectivity index (χ4n) is 2.39. The van der Waals surface area contributed by atoms with Gasteiger partial charge in [-0.15, -0.1) is 0 Å². The molecule has 23 heavy (non-hydrogen) atoms. The van der Waals surface area contributed by atoms with Crippen LogP contribution in [0.5, 0.6) is 0 Å². The molecule has 1 saturated heterocycles. The molecule has 0 bridgehead atoms. The average molecular weight is 383 g/mol. The van der Waals surface area contributed by atoms with Crippen molar-refractivity contribution in [2.24, 2.45) is 0 Å². The van der Waals surface area contributed by atoms with Crippen molar-refractivity contribution in [3.8, 4) is 0 Å². The molecule has 1 fully saturated rings. The highest BCUT2D eigenvalue weighted by atomic mass is 79.9. The van der Waals surface area contributed by atoms with Crippen molar-refractivity contribution in [1.29, 1.82) is 0 Å². The molecule has 7 heteroatoms. The Balaban J connectivity index is 2.24. The van der Waals surface area contributed by atoms with Gasteiger partial charge in [-0.3, -0.25) is 14.5 Å². The average Bonchev–Trinajstić information content (AvgIpc) is 2.61. The Morgan fingerprint density at radius 2 is 1.91 bits per heavy atom. The molecule has 0 aromatic heterocycles. The van der Waals surface area contributed by atoms with Crippen LogP contribution in [0.4, 0.5) is 4.79 Å². The fraction of sp³-hybridized carbons (Fsp3) is 0.438. The predicted molar refractivity (Wildman–Crippen MR) is 87.6 cm³/mol. The van der Waals surface area contributed by atoms with Gasteiger partial charge in [0.1, 0.15) is 17.7 Å². The second-order valence-corrected chi connectivity index (χ2v) is 7.37. The summed E-state index contributed by atoms with van der Waals surface area (Å²) in [6.45, 7) is 6.37. The third-order valence-corrected chi connectivity index (χ3v) is 4.09. The normalized spacial score (nSPS) is 21.3. The van der Waals surface area contributed by atoms with Gasteiger partial charge in [-0.25, -0.2) is 4.79 Å². The van der Waals surface area contributed by atoms with Crippen LogP contribution in [-0.4, -0.2) is 35.0 Å². The molecule has 0 saturated carbocycles. The molecule has 1 aromatic carbocycles. The van der Waals surface area contributed by atoms with Crippen molar-refractivity contribution in [1.82, 2.24) is 10.2 Å². The number of nitrogens with zero attached hydrogens (tertiary/aromatic N) is 1. The van der Waals surface area contributed by atoms with Gasteiger partial charge in [-0.05, 0) is 33.8 Å². The minimum atomic E-state index is -1.22. The maximum Gasteiger partial charge on any atom is 0.326 e. The van der Waals surface area contributed by atoms with E-state index in [2.05, 4.69) is 21.2 Å². The number of amides is 3. The molecule has 0 radical (unpaired) electrons. The molecule has 3 amide bonds. The first-order valence-electron chi connectivity index (χ1n) is 7.15. The summed E-state index contributed by atoms with van der Waals surface area (Å²) < 4.78 is 5.88. The highest BCUT2D eigenvalue weighted by Crippen LogP contribution is 2.33. The minimum Gasteiger partial charge on any atom is -0.459 e. The van der Waals surface area contributed by atoms with Crippen LogP contribution < -0.4 is 5.32 Å². The van der Waals surface area contributed by atoms with Crippen LogP contribution in [0.1, 0.15) is 33.3 Å². The van der Waals surface area contributed by atoms with E-state index in [0.29, 0.717) is 10.0 Å². The van der Waals surface area contributed by atoms with E-state index in [9.17, 15) is 14.4 Å². The summed E-state index contributed by atoms with van der Waals surface area (Å²) in [6.07, 6.45) is 0. The number of hydrogen-bond acceptors (Lipinski definition) is 4. The quantitative estimate of drug-likeness (QED) is 0.643. The Morgan fingerprint density at radius 3 is 2.48 bits per heavy atom. The van der Waals surface area contributed by atoms with Crippen molar-refractivity contribution >= 4 is 33.8 Å². The molecule has 124 valence electrons. The van der Waals surface area contributed by atoms with Crippen LogP contribution in [0.15, 0.2) is 28.7 Å². The minimum absolute atomic E-state index is 0.415. The molecule has 1 N–H and O–H groups in total. The predicted octanol–water partition coefficient (Wildman–Crippen LogP) is 2.56. The van der Waals surface area contributed by atoms with Gasteiger partial charge < -0.3 is 10.1 Å². The highest BCUT2D eigenvalue weighted by molar-refractivity contribution is 9.10. The lowest BCUT2D eigenvalue weighted by Gasteiger charge is -2.24. The van der Waals surface area contributed by atoms with E-state index in [1.54, 1.807) is 45.9 Å². The summed E-state index contributed by atoms with van der Waals surface area (Å²) >= 11 is 3.39. The van der Waals surface area contributed by atoms with Crippen LogP contribution in [0, 0.1) is 0 Å². The molecule has 1 unspecified atom stereocenters. The van der Waals surface area contributed by atoms with Crippen molar-refractivity contribution in [3.05, 3.63) is 34.3 Å². The standard InChI is InChI=1S/C16H19BrN2O4/c1-15(2,3)23-12(20)9-19-13(21)16(4,18-14(19)22)10-7-5-6-8-11(10)17/h5-8H,9H2,1-4H3,(H,18,22). The molecule has 1 heterocycles. The maximum absolute atomic E-state index is 12.7. The number of benzene rings is 1. The summed E-state index contributed by atoms with van der Waals surface area (Å²) in [5, 5.41) is 2.66.